The summed E-state index contributed by atoms with van der Waals surface area (Å²) in [6, 6.07) is 13.2. The van der Waals surface area contributed by atoms with Gasteiger partial charge in [-0.1, -0.05) is 23.7 Å². The average Bonchev–Trinajstić information content (AvgIpc) is 2.46. The Hall–Kier alpha value is -1.78. The first-order valence-corrected chi connectivity index (χ1v) is 7.76. The van der Waals surface area contributed by atoms with Gasteiger partial charge in [0.25, 0.3) is 0 Å². The van der Waals surface area contributed by atoms with Crippen LogP contribution in [0.3, 0.4) is 0 Å². The molecule has 0 heterocycles. The first kappa shape index (κ1) is 14.6. The molecule has 0 spiro atoms. The lowest BCUT2D eigenvalue weighted by Gasteiger charge is -2.00. The molecule has 2 aromatic rings. The summed E-state index contributed by atoms with van der Waals surface area (Å²) < 4.78 is 29.2. The quantitative estimate of drug-likeness (QED) is 0.863. The number of methoxy groups -OCH3 is 1. The van der Waals surface area contributed by atoms with Gasteiger partial charge in [-0.15, -0.1) is 0 Å². The van der Waals surface area contributed by atoms with E-state index in [-0.39, 0.29) is 4.90 Å². The summed E-state index contributed by atoms with van der Waals surface area (Å²) in [6.45, 7) is 0. The first-order chi connectivity index (χ1) is 9.51. The summed E-state index contributed by atoms with van der Waals surface area (Å²) in [5.74, 6) is 0.725. The van der Waals surface area contributed by atoms with Crippen molar-refractivity contribution in [3.8, 4) is 5.75 Å². The van der Waals surface area contributed by atoms with E-state index in [1.807, 2.05) is 0 Å². The maximum absolute atomic E-state index is 12.1. The Balaban J connectivity index is 2.22. The van der Waals surface area contributed by atoms with Gasteiger partial charge >= 0.3 is 0 Å². The van der Waals surface area contributed by atoms with Crippen LogP contribution in [0.2, 0.25) is 5.02 Å². The number of sulfone groups is 1. The molecule has 0 aliphatic rings. The number of hydrogen-bond acceptors (Lipinski definition) is 3. The molecule has 0 fully saturated rings. The van der Waals surface area contributed by atoms with Gasteiger partial charge in [0.2, 0.25) is 0 Å². The van der Waals surface area contributed by atoms with Crippen molar-refractivity contribution in [1.29, 1.82) is 0 Å². The van der Waals surface area contributed by atoms with Crippen molar-refractivity contribution < 1.29 is 13.2 Å². The van der Waals surface area contributed by atoms with E-state index in [2.05, 4.69) is 0 Å². The van der Waals surface area contributed by atoms with Crippen LogP contribution in [0.1, 0.15) is 5.56 Å². The minimum atomic E-state index is -3.46. The monoisotopic (exact) mass is 308 g/mol. The van der Waals surface area contributed by atoms with Crippen LogP contribution in [0.15, 0.2) is 58.8 Å². The predicted octanol–water partition coefficient (Wildman–Crippen LogP) is 3.79. The molecule has 0 amide bonds. The van der Waals surface area contributed by atoms with Crippen molar-refractivity contribution in [3.05, 3.63) is 64.5 Å². The Morgan fingerprint density at radius 3 is 2.15 bits per heavy atom. The second-order valence-corrected chi connectivity index (χ2v) is 6.34. The van der Waals surface area contributed by atoms with Crippen LogP contribution in [0.4, 0.5) is 0 Å². The van der Waals surface area contributed by atoms with E-state index in [0.29, 0.717) is 5.02 Å². The molecule has 2 aromatic carbocycles. The summed E-state index contributed by atoms with van der Waals surface area (Å²) in [6.07, 6.45) is 1.55. The van der Waals surface area contributed by atoms with Crippen LogP contribution in [-0.4, -0.2) is 15.5 Å². The minimum absolute atomic E-state index is 0.215. The predicted molar refractivity (Wildman–Crippen MR) is 80.7 cm³/mol. The molecule has 104 valence electrons. The van der Waals surface area contributed by atoms with Crippen LogP contribution in [-0.2, 0) is 9.84 Å². The molecule has 0 bridgehead atoms. The van der Waals surface area contributed by atoms with E-state index in [1.54, 1.807) is 49.6 Å². The molecule has 0 unspecified atom stereocenters. The van der Waals surface area contributed by atoms with Crippen molar-refractivity contribution >= 4 is 27.5 Å². The van der Waals surface area contributed by atoms with Gasteiger partial charge in [0.05, 0.1) is 12.0 Å². The maximum Gasteiger partial charge on any atom is 0.199 e. The standard InChI is InChI=1S/C15H13ClO3S/c1-19-14-6-2-12(3-7-14)10-11-20(17,18)15-8-4-13(16)5-9-15/h2-11H,1H3/b11-10+. The lowest BCUT2D eigenvalue weighted by molar-refractivity contribution is 0.415. The zero-order chi connectivity index (χ0) is 14.6. The molecule has 0 aliphatic carbocycles. The van der Waals surface area contributed by atoms with Crippen LogP contribution >= 0.6 is 11.6 Å². The summed E-state index contributed by atoms with van der Waals surface area (Å²) in [5, 5.41) is 1.68. The third-order valence-electron chi connectivity index (χ3n) is 2.70. The van der Waals surface area contributed by atoms with Crippen molar-refractivity contribution in [2.45, 2.75) is 4.90 Å². The van der Waals surface area contributed by atoms with Crippen LogP contribution in [0.5, 0.6) is 5.75 Å². The first-order valence-electron chi connectivity index (χ1n) is 5.84. The van der Waals surface area contributed by atoms with Gasteiger partial charge in [-0.2, -0.15) is 0 Å². The topological polar surface area (TPSA) is 43.4 Å². The van der Waals surface area contributed by atoms with Crippen LogP contribution in [0.25, 0.3) is 6.08 Å². The molecule has 20 heavy (non-hydrogen) atoms. The number of rotatable bonds is 4. The lowest BCUT2D eigenvalue weighted by Crippen LogP contribution is -1.95. The van der Waals surface area contributed by atoms with E-state index < -0.39 is 9.84 Å². The number of benzene rings is 2. The Labute approximate surface area is 123 Å². The van der Waals surface area contributed by atoms with E-state index >= 15 is 0 Å². The highest BCUT2D eigenvalue weighted by Gasteiger charge is 2.09. The average molecular weight is 309 g/mol. The Morgan fingerprint density at radius 1 is 1.00 bits per heavy atom. The third kappa shape index (κ3) is 3.62. The van der Waals surface area contributed by atoms with Gasteiger partial charge in [0, 0.05) is 10.4 Å². The maximum atomic E-state index is 12.1. The largest absolute Gasteiger partial charge is 0.497 e. The fraction of sp³-hybridized carbons (Fsp3) is 0.0667. The minimum Gasteiger partial charge on any atom is -0.497 e. The Bertz CT molecular complexity index is 702. The number of halogens is 1. The molecule has 0 aliphatic heterocycles. The molecule has 3 nitrogen and oxygen atoms in total. The summed E-state index contributed by atoms with van der Waals surface area (Å²) >= 11 is 5.74. The molecular formula is C15H13ClO3S. The van der Waals surface area contributed by atoms with Gasteiger partial charge in [0.15, 0.2) is 9.84 Å². The highest BCUT2D eigenvalue weighted by Crippen LogP contribution is 2.18. The molecule has 0 saturated carbocycles. The van der Waals surface area contributed by atoms with E-state index in [4.69, 9.17) is 16.3 Å². The van der Waals surface area contributed by atoms with Crippen molar-refractivity contribution in [2.24, 2.45) is 0 Å². The lowest BCUT2D eigenvalue weighted by atomic mass is 10.2. The molecule has 2 rings (SSSR count). The SMILES string of the molecule is COc1ccc(/C=C/S(=O)(=O)c2ccc(Cl)cc2)cc1. The van der Waals surface area contributed by atoms with Crippen LogP contribution < -0.4 is 4.74 Å². The smallest absolute Gasteiger partial charge is 0.199 e. The zero-order valence-electron chi connectivity index (χ0n) is 10.8. The van der Waals surface area contributed by atoms with Crippen molar-refractivity contribution in [2.75, 3.05) is 7.11 Å². The Morgan fingerprint density at radius 2 is 1.60 bits per heavy atom. The van der Waals surface area contributed by atoms with Gasteiger partial charge in [-0.05, 0) is 48.0 Å². The van der Waals surface area contributed by atoms with Gasteiger partial charge in [0.1, 0.15) is 5.75 Å². The number of ether oxygens (including phenoxy) is 1. The van der Waals surface area contributed by atoms with Gasteiger partial charge < -0.3 is 4.74 Å². The second-order valence-electron chi connectivity index (χ2n) is 4.07. The van der Waals surface area contributed by atoms with Crippen LogP contribution in [0, 0.1) is 0 Å². The normalized spacial score (nSPS) is 11.7. The molecular weight excluding hydrogens is 296 g/mol. The van der Waals surface area contributed by atoms with E-state index in [1.165, 1.54) is 17.5 Å². The van der Waals surface area contributed by atoms with Gasteiger partial charge in [-0.25, -0.2) is 8.42 Å². The zero-order valence-corrected chi connectivity index (χ0v) is 12.4. The van der Waals surface area contributed by atoms with E-state index in [9.17, 15) is 8.42 Å². The van der Waals surface area contributed by atoms with Gasteiger partial charge in [-0.3, -0.25) is 0 Å². The Kier molecular flexibility index (Phi) is 4.47. The molecule has 0 atom stereocenters. The van der Waals surface area contributed by atoms with Crippen molar-refractivity contribution in [1.82, 2.24) is 0 Å². The van der Waals surface area contributed by atoms with E-state index in [0.717, 1.165) is 11.3 Å². The second kappa shape index (κ2) is 6.11. The molecule has 5 heteroatoms. The summed E-state index contributed by atoms with van der Waals surface area (Å²) in [4.78, 5) is 0.215. The third-order valence-corrected chi connectivity index (χ3v) is 4.37. The van der Waals surface area contributed by atoms with Crippen molar-refractivity contribution in [3.63, 3.8) is 0 Å². The fourth-order valence-corrected chi connectivity index (χ4v) is 2.72. The molecule has 0 N–H and O–H groups in total. The molecule has 0 aromatic heterocycles. The highest BCUT2D eigenvalue weighted by atomic mass is 35.5. The molecule has 0 saturated heterocycles. The fourth-order valence-electron chi connectivity index (χ4n) is 1.59. The number of hydrogen-bond donors (Lipinski definition) is 0. The summed E-state index contributed by atoms with van der Waals surface area (Å²) in [7, 11) is -1.88. The summed E-state index contributed by atoms with van der Waals surface area (Å²) in [5.41, 5.74) is 0.781. The highest BCUT2D eigenvalue weighted by molar-refractivity contribution is 7.94. The molecule has 0 radical (unpaired) electrons.